The van der Waals surface area contributed by atoms with Crippen LogP contribution >= 0.6 is 0 Å². The van der Waals surface area contributed by atoms with Gasteiger partial charge in [0.1, 0.15) is 11.5 Å². The molecule has 1 heterocycles. The van der Waals surface area contributed by atoms with Gasteiger partial charge in [0.25, 0.3) is 0 Å². The summed E-state index contributed by atoms with van der Waals surface area (Å²) in [5.41, 5.74) is 1.03. The number of carbonyl (C=O) groups excluding carboxylic acids is 1. The van der Waals surface area contributed by atoms with Crippen LogP contribution in [0.15, 0.2) is 16.3 Å². The largest absolute Gasteiger partial charge is 0.506 e. The summed E-state index contributed by atoms with van der Waals surface area (Å²) < 4.78 is 0. The van der Waals surface area contributed by atoms with E-state index in [0.29, 0.717) is 13.0 Å². The number of nitrogens with zero attached hydrogens (tertiary/aromatic N) is 1. The van der Waals surface area contributed by atoms with E-state index in [9.17, 15) is 9.90 Å². The number of carbonyl (C=O) groups is 1. The first-order valence-electron chi connectivity index (χ1n) is 3.63. The number of aliphatic imine (C=N–C) groups is 1. The van der Waals surface area contributed by atoms with Crippen LogP contribution in [0.3, 0.4) is 0 Å². The zero-order valence-corrected chi connectivity index (χ0v) is 6.72. The van der Waals surface area contributed by atoms with E-state index in [0.717, 1.165) is 5.57 Å². The van der Waals surface area contributed by atoms with Crippen molar-refractivity contribution in [1.82, 2.24) is 0 Å². The van der Waals surface area contributed by atoms with Gasteiger partial charge >= 0.3 is 0 Å². The fourth-order valence-corrected chi connectivity index (χ4v) is 0.937. The Balaban J connectivity index is 2.85. The van der Waals surface area contributed by atoms with Crippen molar-refractivity contribution in [3.8, 4) is 0 Å². The van der Waals surface area contributed by atoms with Crippen LogP contribution in [0.25, 0.3) is 0 Å². The number of Topliss-reactive ketones (excluding diaryl/α,β-unsaturated/α-hetero) is 1. The molecule has 0 bridgehead atoms. The highest BCUT2D eigenvalue weighted by atomic mass is 16.3. The zero-order valence-electron chi connectivity index (χ0n) is 6.72. The van der Waals surface area contributed by atoms with Crippen molar-refractivity contribution in [3.63, 3.8) is 0 Å². The Morgan fingerprint density at radius 2 is 2.36 bits per heavy atom. The van der Waals surface area contributed by atoms with Crippen molar-refractivity contribution < 1.29 is 9.90 Å². The average Bonchev–Trinajstić information content (AvgIpc) is 2.32. The molecule has 60 valence electrons. The van der Waals surface area contributed by atoms with Crippen molar-refractivity contribution in [2.45, 2.75) is 20.3 Å². The normalized spacial score (nSPS) is 17.1. The fraction of sp³-hybridized carbons (Fsp3) is 0.500. The second-order valence-electron chi connectivity index (χ2n) is 2.57. The minimum atomic E-state index is -0.0839. The highest BCUT2D eigenvalue weighted by Crippen LogP contribution is 2.12. The quantitative estimate of drug-likeness (QED) is 0.649. The van der Waals surface area contributed by atoms with E-state index in [1.165, 1.54) is 0 Å². The maximum absolute atomic E-state index is 11.0. The SMILES string of the molecule is CCC(=O)C1=NCC(C)=C1O. The van der Waals surface area contributed by atoms with E-state index in [-0.39, 0.29) is 17.3 Å². The molecule has 0 atom stereocenters. The minimum absolute atomic E-state index is 0.0804. The van der Waals surface area contributed by atoms with Gasteiger partial charge in [-0.05, 0) is 12.5 Å². The molecule has 0 saturated heterocycles. The fourth-order valence-electron chi connectivity index (χ4n) is 0.937. The van der Waals surface area contributed by atoms with Crippen LogP contribution in [0.4, 0.5) is 0 Å². The van der Waals surface area contributed by atoms with E-state index >= 15 is 0 Å². The topological polar surface area (TPSA) is 49.7 Å². The first-order chi connectivity index (χ1) is 5.16. The van der Waals surface area contributed by atoms with Gasteiger partial charge in [0, 0.05) is 6.42 Å². The lowest BCUT2D eigenvalue weighted by atomic mass is 10.1. The standard InChI is InChI=1S/C8H11NO2/c1-3-6(10)7-8(11)5(2)4-9-7/h11H,3-4H2,1-2H3. The maximum atomic E-state index is 11.0. The van der Waals surface area contributed by atoms with Gasteiger partial charge in [-0.15, -0.1) is 0 Å². The van der Waals surface area contributed by atoms with Crippen LogP contribution in [0.5, 0.6) is 0 Å². The molecule has 3 heteroatoms. The van der Waals surface area contributed by atoms with Gasteiger partial charge < -0.3 is 5.11 Å². The van der Waals surface area contributed by atoms with Crippen LogP contribution in [-0.4, -0.2) is 23.1 Å². The summed E-state index contributed by atoms with van der Waals surface area (Å²) in [4.78, 5) is 15.0. The molecule has 0 aromatic heterocycles. The predicted octanol–water partition coefficient (Wildman–Crippen LogP) is 1.25. The van der Waals surface area contributed by atoms with E-state index in [1.807, 2.05) is 0 Å². The lowest BCUT2D eigenvalue weighted by molar-refractivity contribution is -0.112. The second-order valence-corrected chi connectivity index (χ2v) is 2.57. The van der Waals surface area contributed by atoms with Crippen molar-refractivity contribution in [2.75, 3.05) is 6.54 Å². The maximum Gasteiger partial charge on any atom is 0.184 e. The Morgan fingerprint density at radius 3 is 2.73 bits per heavy atom. The molecule has 1 rings (SSSR count). The second kappa shape index (κ2) is 2.86. The number of allylic oxidation sites excluding steroid dienone is 1. The Hall–Kier alpha value is -1.12. The molecule has 1 N–H and O–H groups in total. The van der Waals surface area contributed by atoms with E-state index in [2.05, 4.69) is 4.99 Å². The van der Waals surface area contributed by atoms with Crippen molar-refractivity contribution in [1.29, 1.82) is 0 Å². The van der Waals surface area contributed by atoms with Gasteiger partial charge in [-0.3, -0.25) is 9.79 Å². The molecule has 0 aromatic carbocycles. The molecule has 0 fully saturated rings. The van der Waals surface area contributed by atoms with Crippen LogP contribution in [0.2, 0.25) is 0 Å². The smallest absolute Gasteiger partial charge is 0.184 e. The van der Waals surface area contributed by atoms with Gasteiger partial charge in [0.2, 0.25) is 0 Å². The molecule has 11 heavy (non-hydrogen) atoms. The molecular formula is C8H11NO2. The summed E-state index contributed by atoms with van der Waals surface area (Å²) >= 11 is 0. The van der Waals surface area contributed by atoms with Crippen LogP contribution < -0.4 is 0 Å². The highest BCUT2D eigenvalue weighted by molar-refractivity contribution is 6.46. The molecule has 0 unspecified atom stereocenters. The van der Waals surface area contributed by atoms with Crippen molar-refractivity contribution in [2.24, 2.45) is 4.99 Å². The summed E-state index contributed by atoms with van der Waals surface area (Å²) in [5, 5.41) is 9.29. The summed E-state index contributed by atoms with van der Waals surface area (Å²) in [6.45, 7) is 3.99. The molecule has 1 aliphatic heterocycles. The summed E-state index contributed by atoms with van der Waals surface area (Å²) in [5.74, 6) is -0.00352. The number of hydrogen-bond acceptors (Lipinski definition) is 3. The molecule has 0 aliphatic carbocycles. The van der Waals surface area contributed by atoms with Crippen LogP contribution in [-0.2, 0) is 4.79 Å². The third-order valence-corrected chi connectivity index (χ3v) is 1.69. The number of aliphatic hydroxyl groups is 1. The van der Waals surface area contributed by atoms with Gasteiger partial charge in [0.15, 0.2) is 5.78 Å². The number of aliphatic hydroxyl groups excluding tert-OH is 1. The first-order valence-corrected chi connectivity index (χ1v) is 3.63. The van der Waals surface area contributed by atoms with Gasteiger partial charge in [0.05, 0.1) is 6.54 Å². The predicted molar refractivity (Wildman–Crippen MR) is 42.9 cm³/mol. The average molecular weight is 153 g/mol. The van der Waals surface area contributed by atoms with Crippen molar-refractivity contribution >= 4 is 11.5 Å². The Labute approximate surface area is 65.4 Å². The van der Waals surface area contributed by atoms with E-state index in [1.54, 1.807) is 13.8 Å². The third kappa shape index (κ3) is 1.31. The molecule has 0 saturated carbocycles. The Morgan fingerprint density at radius 1 is 1.73 bits per heavy atom. The molecule has 0 radical (unpaired) electrons. The molecule has 3 nitrogen and oxygen atoms in total. The van der Waals surface area contributed by atoms with E-state index < -0.39 is 0 Å². The monoisotopic (exact) mass is 153 g/mol. The zero-order chi connectivity index (χ0) is 8.43. The van der Waals surface area contributed by atoms with Gasteiger partial charge in [-0.1, -0.05) is 6.92 Å². The van der Waals surface area contributed by atoms with E-state index in [4.69, 9.17) is 0 Å². The van der Waals surface area contributed by atoms with Crippen molar-refractivity contribution in [3.05, 3.63) is 11.3 Å². The number of ketones is 1. The lowest BCUT2D eigenvalue weighted by Crippen LogP contribution is -2.13. The number of rotatable bonds is 2. The number of hydrogen-bond donors (Lipinski definition) is 1. The summed E-state index contributed by atoms with van der Waals surface area (Å²) in [7, 11) is 0. The Bertz CT molecular complexity index is 251. The van der Waals surface area contributed by atoms with Crippen LogP contribution in [0, 0.1) is 0 Å². The minimum Gasteiger partial charge on any atom is -0.506 e. The molecule has 1 aliphatic rings. The molecule has 0 amide bonds. The Kier molecular flexibility index (Phi) is 2.08. The third-order valence-electron chi connectivity index (χ3n) is 1.69. The van der Waals surface area contributed by atoms with Crippen LogP contribution in [0.1, 0.15) is 20.3 Å². The van der Waals surface area contributed by atoms with Gasteiger partial charge in [-0.25, -0.2) is 0 Å². The molecular weight excluding hydrogens is 142 g/mol. The molecule has 0 spiro atoms. The highest BCUT2D eigenvalue weighted by Gasteiger charge is 2.20. The first kappa shape index (κ1) is 7.98. The lowest BCUT2D eigenvalue weighted by Gasteiger charge is -1.96. The summed E-state index contributed by atoms with van der Waals surface area (Å²) in [6.07, 6.45) is 0.399. The van der Waals surface area contributed by atoms with Gasteiger partial charge in [-0.2, -0.15) is 0 Å². The molecule has 0 aromatic rings. The summed E-state index contributed by atoms with van der Waals surface area (Å²) in [6, 6.07) is 0.